The zero-order valence-electron chi connectivity index (χ0n) is 71.5. The molecule has 0 aromatic heterocycles. The summed E-state index contributed by atoms with van der Waals surface area (Å²) in [6.45, 7) is 0.640. The number of carbonyl (C=O) groups excluding carboxylic acids is 6. The topological polar surface area (TPSA) is 320 Å². The number of benzene rings is 9. The highest BCUT2D eigenvalue weighted by atomic mass is 32.2. The van der Waals surface area contributed by atoms with Gasteiger partial charge in [0.15, 0.2) is 81.0 Å². The highest BCUT2D eigenvalue weighted by Crippen LogP contribution is 2.71. The predicted octanol–water partition coefficient (Wildman–Crippen LogP) is 18.4. The Labute approximate surface area is 767 Å². The Morgan fingerprint density at radius 1 is 0.382 bits per heavy atom. The molecular weight excluding hydrogens is 1820 g/mol. The lowest BCUT2D eigenvalue weighted by molar-refractivity contribution is -0.202. The second-order valence-electron chi connectivity index (χ2n) is 35.3. The quantitative estimate of drug-likeness (QED) is 0.0200. The van der Waals surface area contributed by atoms with Gasteiger partial charge in [0, 0.05) is 22.7 Å². The van der Waals surface area contributed by atoms with Crippen molar-refractivity contribution in [3.05, 3.63) is 273 Å². The zero-order chi connectivity index (χ0) is 93.4. The summed E-state index contributed by atoms with van der Waals surface area (Å²) in [5.74, 6) is 1.10. The van der Waals surface area contributed by atoms with Crippen LogP contribution in [0.25, 0.3) is 0 Å². The minimum atomic E-state index is -6.26. The summed E-state index contributed by atoms with van der Waals surface area (Å²) in [5, 5.41) is -15.4. The predicted molar refractivity (Wildman–Crippen MR) is 472 cm³/mol. The Hall–Kier alpha value is -9.64. The number of fused-ring (bicyclic) bond motifs is 1. The Kier molecular flexibility index (Phi) is 30.5. The first kappa shape index (κ1) is 97.4. The molecule has 0 radical (unpaired) electrons. The van der Waals surface area contributed by atoms with Crippen LogP contribution in [0.4, 0.5) is 26.3 Å². The molecule has 0 N–H and O–H groups in total. The van der Waals surface area contributed by atoms with Crippen LogP contribution < -0.4 is 0 Å². The SMILES string of the molecule is C1C2CC3C4CC5CC(C14)C(C2)C3C5.CC(=O)C12CC3CC(CC(COC(=O)C(F)(F)S(=O)(=O)[O-])(C3)C1)C2.CCOC(=O)C(F)(F)S(=O)(=O)[O-].O=C(COC(=O)C(F)(F)S(=O)(=O)[O-])OC1C2CC3C(=O)OC1C3C2.c1ccc([S+](c2ccccc2)c2ccccc2)cc1.c1ccc([S+](c2ccccc2)c2ccccc2)cc1.c1ccc([S+](c2ccccc2)c2ccccc2)cc1. The standard InChI is InChI=1S/3C18H15S.C15H20F2O6S.C14H20.C12H12F2O9S.C4H6F2O5S/c3*1-4-10-16(11-5-1)19(17-12-6-2-7-13-17)18-14-8-3-9-15-18;1-9(18)14-5-10-2-11(6-14)4-13(3-10,7-14)8-23-12(19)15(16,17)24(20,21)22;1-7-2-12-10-4-8-5-11(9(1)10)13(3-7)14(12)6-8;13-12(14,24(18,19)20)11(17)21-3-7(15)22-8-4-1-5-6(2-4)10(16)23-9(5)8;1-2-11-3(7)4(5,6)12(8,9)10/h3*1-15H;10-11H,2-8H2,1H3,(H,20,21,22);7-14H,1-6H2;4-6,8-9H,1-3H2,(H,18,19,20);2H2,1H3,(H,8,9,10)/q3*+1;;;;/p-3. The number of ketones is 1. The minimum Gasteiger partial charge on any atom is -0.743 e. The number of carbonyl (C=O) groups is 6. The van der Waals surface area contributed by atoms with Gasteiger partial charge in [0.2, 0.25) is 0 Å². The van der Waals surface area contributed by atoms with Crippen molar-refractivity contribution in [2.75, 3.05) is 19.8 Å². The van der Waals surface area contributed by atoms with Crippen LogP contribution in [0.5, 0.6) is 0 Å². The van der Waals surface area contributed by atoms with Gasteiger partial charge in [-0.3, -0.25) is 9.59 Å². The molecule has 131 heavy (non-hydrogen) atoms. The maximum atomic E-state index is 13.3. The molecule has 14 bridgehead atoms. The van der Waals surface area contributed by atoms with Crippen LogP contribution in [0.1, 0.15) is 104 Å². The molecule has 694 valence electrons. The number of hydrogen-bond donors (Lipinski definition) is 0. The lowest BCUT2D eigenvalue weighted by Gasteiger charge is -2.69. The third-order valence-corrected chi connectivity index (χ3v) is 36.2. The summed E-state index contributed by atoms with van der Waals surface area (Å²) >= 11 is 0. The number of esters is 5. The highest BCUT2D eigenvalue weighted by Gasteiger charge is 2.66. The molecule has 7 unspecified atom stereocenters. The highest BCUT2D eigenvalue weighted by molar-refractivity contribution is 7.97. The molecule has 1 aliphatic heterocycles. The third-order valence-electron chi connectivity index (χ3n) is 27.1. The normalized spacial score (nSPS) is 26.7. The van der Waals surface area contributed by atoms with Crippen molar-refractivity contribution in [3.63, 3.8) is 0 Å². The second kappa shape index (κ2) is 41.1. The monoisotopic (exact) mass is 1910 g/mol. The van der Waals surface area contributed by atoms with Crippen molar-refractivity contribution < 1.29 is 118 Å². The molecule has 0 spiro atoms. The maximum absolute atomic E-state index is 13.3. The van der Waals surface area contributed by atoms with Crippen LogP contribution in [0.15, 0.2) is 317 Å². The van der Waals surface area contributed by atoms with Crippen molar-refractivity contribution >= 4 is 98.7 Å². The molecule has 1 heterocycles. The molecule has 9 aromatic rings. The number of hydrogen-bond acceptors (Lipinski definition) is 20. The molecule has 23 rings (SSSR count). The van der Waals surface area contributed by atoms with Gasteiger partial charge in [-0.15, -0.1) is 0 Å². The Balaban J connectivity index is 0.000000124. The Morgan fingerprint density at radius 2 is 0.656 bits per heavy atom. The van der Waals surface area contributed by atoms with Gasteiger partial charge >= 0.3 is 45.6 Å². The van der Waals surface area contributed by atoms with Crippen LogP contribution in [0, 0.1) is 87.8 Å². The van der Waals surface area contributed by atoms with E-state index < -0.39 is 106 Å². The summed E-state index contributed by atoms with van der Waals surface area (Å²) < 4.78 is 190. The number of Topliss-reactive ketones (excluding diaryl/α,β-unsaturated/α-hetero) is 1. The van der Waals surface area contributed by atoms with E-state index in [9.17, 15) is 94.0 Å². The summed E-state index contributed by atoms with van der Waals surface area (Å²) in [7, 11) is -18.4. The fourth-order valence-electron chi connectivity index (χ4n) is 22.4. The van der Waals surface area contributed by atoms with Gasteiger partial charge in [-0.1, -0.05) is 164 Å². The summed E-state index contributed by atoms with van der Waals surface area (Å²) in [6.07, 6.45) is 14.0. The van der Waals surface area contributed by atoms with Crippen LogP contribution in [-0.4, -0.2) is 122 Å². The smallest absolute Gasteiger partial charge is 0.428 e. The fourth-order valence-corrected chi connectivity index (χ4v) is 29.5. The van der Waals surface area contributed by atoms with E-state index in [4.69, 9.17) is 9.47 Å². The van der Waals surface area contributed by atoms with Gasteiger partial charge < -0.3 is 37.3 Å². The van der Waals surface area contributed by atoms with Crippen molar-refractivity contribution in [2.45, 2.75) is 176 Å². The Morgan fingerprint density at radius 3 is 0.924 bits per heavy atom. The Bertz CT molecular complexity index is 5130. The van der Waals surface area contributed by atoms with E-state index in [-0.39, 0.29) is 80.6 Å². The van der Waals surface area contributed by atoms with Gasteiger partial charge in [0.1, 0.15) is 18.0 Å². The molecule has 13 aliphatic carbocycles. The minimum absolute atomic E-state index is 0.0146. The maximum Gasteiger partial charge on any atom is 0.428 e. The average Bonchev–Trinajstić information content (AvgIpc) is 1.67. The van der Waals surface area contributed by atoms with Crippen LogP contribution >= 0.6 is 0 Å². The molecule has 32 heteroatoms. The van der Waals surface area contributed by atoms with Gasteiger partial charge in [-0.25, -0.2) is 44.4 Å². The van der Waals surface area contributed by atoms with E-state index >= 15 is 0 Å². The van der Waals surface area contributed by atoms with Crippen molar-refractivity contribution in [1.82, 2.24) is 0 Å². The largest absolute Gasteiger partial charge is 0.743 e. The van der Waals surface area contributed by atoms with Crippen LogP contribution in [0.2, 0.25) is 0 Å². The lowest BCUT2D eigenvalue weighted by atomic mass is 9.36. The van der Waals surface area contributed by atoms with Gasteiger partial charge in [0.05, 0.1) is 51.8 Å². The summed E-state index contributed by atoms with van der Waals surface area (Å²) in [6, 6.07) is 96.5. The van der Waals surface area contributed by atoms with E-state index in [0.29, 0.717) is 32.1 Å². The summed E-state index contributed by atoms with van der Waals surface area (Å²) in [4.78, 5) is 80.0. The molecule has 13 saturated carbocycles. The lowest BCUT2D eigenvalue weighted by Crippen LogP contribution is -2.62. The third kappa shape index (κ3) is 21.9. The molecular formula is C99H100F6O20S6. The molecule has 7 atom stereocenters. The van der Waals surface area contributed by atoms with Crippen molar-refractivity contribution in [3.8, 4) is 0 Å². The fraction of sp³-hybridized carbons (Fsp3) is 0.394. The molecule has 14 fully saturated rings. The summed E-state index contributed by atoms with van der Waals surface area (Å²) in [5.41, 5.74) is -1.06. The first-order chi connectivity index (χ1) is 62.4. The molecule has 0 amide bonds. The van der Waals surface area contributed by atoms with Gasteiger partial charge in [-0.2, -0.15) is 26.3 Å². The van der Waals surface area contributed by atoms with Crippen molar-refractivity contribution in [1.29, 1.82) is 0 Å². The van der Waals surface area contributed by atoms with Crippen LogP contribution in [-0.2, 0) is 115 Å². The van der Waals surface area contributed by atoms with Crippen LogP contribution in [0.3, 0.4) is 0 Å². The van der Waals surface area contributed by atoms with E-state index in [1.54, 1.807) is 38.5 Å². The van der Waals surface area contributed by atoms with E-state index in [0.717, 1.165) is 19.3 Å². The number of alkyl halides is 6. The number of rotatable bonds is 22. The van der Waals surface area contributed by atoms with E-state index in [1.165, 1.54) is 105 Å². The number of halogens is 6. The zero-order valence-corrected chi connectivity index (χ0v) is 76.4. The second-order valence-corrected chi connectivity index (χ2v) is 45.6. The molecule has 1 saturated heterocycles. The number of ether oxygens (including phenoxy) is 5. The van der Waals surface area contributed by atoms with Crippen molar-refractivity contribution in [2.24, 2.45) is 87.8 Å². The van der Waals surface area contributed by atoms with Gasteiger partial charge in [0.25, 0.3) is 0 Å². The molecule has 14 aliphatic rings. The molecule has 20 nitrogen and oxygen atoms in total. The van der Waals surface area contributed by atoms with Gasteiger partial charge in [-0.05, 0) is 272 Å². The first-order valence-corrected chi connectivity index (χ1v) is 51.4. The van der Waals surface area contributed by atoms with E-state index in [1.807, 2.05) is 0 Å². The average molecular weight is 1920 g/mol. The first-order valence-electron chi connectivity index (χ1n) is 43.5. The van der Waals surface area contributed by atoms with E-state index in [2.05, 4.69) is 287 Å². The molecule has 9 aromatic carbocycles.